The number of carbonyl (C=O) groups is 3. The first kappa shape index (κ1) is 23.4. The van der Waals surface area contributed by atoms with Crippen molar-refractivity contribution >= 4 is 18.0 Å². The molecule has 35 heavy (non-hydrogen) atoms. The molecular formula is C28H32N2O5. The SMILES string of the molecule is CC(C)C(CC(=O)N1CC[C@H]2C(C(=O)O)[C@H]2C1)NC(=O)OCC1c2ccccc2-c2ccccc21. The minimum Gasteiger partial charge on any atom is -0.481 e. The maximum Gasteiger partial charge on any atom is 0.407 e. The zero-order valence-electron chi connectivity index (χ0n) is 20.1. The van der Waals surface area contributed by atoms with E-state index in [2.05, 4.69) is 29.6 Å². The minimum atomic E-state index is -0.758. The maximum absolute atomic E-state index is 13.0. The van der Waals surface area contributed by atoms with E-state index >= 15 is 0 Å². The van der Waals surface area contributed by atoms with Gasteiger partial charge in [0.05, 0.1) is 5.92 Å². The van der Waals surface area contributed by atoms with E-state index in [1.54, 1.807) is 4.90 Å². The number of benzene rings is 2. The number of carbonyl (C=O) groups excluding carboxylic acids is 2. The number of aliphatic carboxylic acids is 1. The second-order valence-corrected chi connectivity index (χ2v) is 10.3. The lowest BCUT2D eigenvalue weighted by Gasteiger charge is -2.29. The standard InChI is InChI=1S/C28H32N2O5/c1-16(2)24(13-25(31)30-12-11-21-22(14-30)26(21)27(32)33)29-28(34)35-15-23-19-9-5-3-7-17(19)18-8-4-6-10-20(18)23/h3-10,16,21-24,26H,11-15H2,1-2H3,(H,29,34)(H,32,33)/t21-,22+,24?,26?/m1/s1. The number of alkyl carbamates (subject to hydrolysis) is 1. The van der Waals surface area contributed by atoms with E-state index in [0.29, 0.717) is 13.1 Å². The smallest absolute Gasteiger partial charge is 0.407 e. The number of carboxylic acid groups (broad SMARTS) is 1. The Morgan fingerprint density at radius 2 is 1.66 bits per heavy atom. The summed E-state index contributed by atoms with van der Waals surface area (Å²) in [5.41, 5.74) is 4.65. The van der Waals surface area contributed by atoms with Crippen LogP contribution in [0.15, 0.2) is 48.5 Å². The molecule has 2 unspecified atom stereocenters. The normalized spacial score (nSPS) is 23.2. The van der Waals surface area contributed by atoms with Gasteiger partial charge in [0.25, 0.3) is 0 Å². The van der Waals surface area contributed by atoms with Crippen LogP contribution in [0, 0.1) is 23.7 Å². The van der Waals surface area contributed by atoms with E-state index in [9.17, 15) is 19.5 Å². The van der Waals surface area contributed by atoms with Crippen LogP contribution in [-0.4, -0.2) is 53.7 Å². The van der Waals surface area contributed by atoms with Crippen molar-refractivity contribution < 1.29 is 24.2 Å². The maximum atomic E-state index is 13.0. The fourth-order valence-corrected chi connectivity index (χ4v) is 5.89. The van der Waals surface area contributed by atoms with E-state index < -0.39 is 12.1 Å². The molecule has 3 aliphatic rings. The summed E-state index contributed by atoms with van der Waals surface area (Å²) in [6.45, 7) is 5.24. The average molecular weight is 477 g/mol. The van der Waals surface area contributed by atoms with Crippen molar-refractivity contribution in [2.45, 2.75) is 38.6 Å². The van der Waals surface area contributed by atoms with Gasteiger partial charge in [0.2, 0.25) is 5.91 Å². The topological polar surface area (TPSA) is 95.9 Å². The van der Waals surface area contributed by atoms with Crippen LogP contribution in [-0.2, 0) is 14.3 Å². The van der Waals surface area contributed by atoms with Gasteiger partial charge in [-0.05, 0) is 46.4 Å². The Morgan fingerprint density at radius 1 is 1.03 bits per heavy atom. The molecule has 0 bridgehead atoms. The van der Waals surface area contributed by atoms with Gasteiger partial charge in [-0.25, -0.2) is 4.79 Å². The number of piperidine rings is 1. The predicted molar refractivity (Wildman–Crippen MR) is 131 cm³/mol. The summed E-state index contributed by atoms with van der Waals surface area (Å²) in [6.07, 6.45) is 0.390. The molecule has 0 radical (unpaired) electrons. The Labute approximate surface area is 205 Å². The summed E-state index contributed by atoms with van der Waals surface area (Å²) in [7, 11) is 0. The number of nitrogens with one attached hydrogen (secondary N) is 1. The third kappa shape index (κ3) is 4.51. The quantitative estimate of drug-likeness (QED) is 0.627. The zero-order chi connectivity index (χ0) is 24.7. The van der Waals surface area contributed by atoms with E-state index in [-0.39, 0.29) is 54.6 Å². The van der Waals surface area contributed by atoms with Crippen molar-refractivity contribution in [3.8, 4) is 11.1 Å². The molecule has 1 saturated heterocycles. The van der Waals surface area contributed by atoms with Gasteiger partial charge in [-0.3, -0.25) is 9.59 Å². The fraction of sp³-hybridized carbons (Fsp3) is 0.464. The van der Waals surface area contributed by atoms with E-state index in [0.717, 1.165) is 17.5 Å². The Morgan fingerprint density at radius 3 is 2.26 bits per heavy atom. The van der Waals surface area contributed by atoms with Gasteiger partial charge in [-0.15, -0.1) is 0 Å². The number of ether oxygens (including phenoxy) is 1. The molecule has 2 aliphatic carbocycles. The summed E-state index contributed by atoms with van der Waals surface area (Å²) < 4.78 is 5.67. The number of hydrogen-bond donors (Lipinski definition) is 2. The summed E-state index contributed by atoms with van der Waals surface area (Å²) in [5.74, 6) is -0.816. The fourth-order valence-electron chi connectivity index (χ4n) is 5.89. The summed E-state index contributed by atoms with van der Waals surface area (Å²) >= 11 is 0. The highest BCUT2D eigenvalue weighted by molar-refractivity contribution is 5.80. The molecule has 2 fully saturated rings. The highest BCUT2D eigenvalue weighted by Crippen LogP contribution is 2.51. The van der Waals surface area contributed by atoms with E-state index in [1.165, 1.54) is 11.1 Å². The van der Waals surface area contributed by atoms with E-state index in [1.807, 2.05) is 38.1 Å². The Balaban J connectivity index is 1.17. The van der Waals surface area contributed by atoms with Gasteiger partial charge in [-0.1, -0.05) is 62.4 Å². The Kier molecular flexibility index (Phi) is 6.26. The third-order valence-electron chi connectivity index (χ3n) is 7.98. The van der Waals surface area contributed by atoms with Crippen LogP contribution >= 0.6 is 0 Å². The molecule has 7 nitrogen and oxygen atoms in total. The van der Waals surface area contributed by atoms with E-state index in [4.69, 9.17) is 4.74 Å². The molecule has 0 aromatic heterocycles. The number of carboxylic acids is 1. The predicted octanol–water partition coefficient (Wildman–Crippen LogP) is 4.12. The van der Waals surface area contributed by atoms with Crippen LogP contribution in [0.3, 0.4) is 0 Å². The molecule has 184 valence electrons. The first-order chi connectivity index (χ1) is 16.8. The number of amides is 2. The number of hydrogen-bond acceptors (Lipinski definition) is 4. The minimum absolute atomic E-state index is 0.0192. The largest absolute Gasteiger partial charge is 0.481 e. The van der Waals surface area contributed by atoms with Gasteiger partial charge >= 0.3 is 12.1 Å². The second kappa shape index (κ2) is 9.36. The van der Waals surface area contributed by atoms with Crippen LogP contribution in [0.4, 0.5) is 4.79 Å². The first-order valence-corrected chi connectivity index (χ1v) is 12.5. The molecule has 1 saturated carbocycles. The van der Waals surface area contributed by atoms with Gasteiger partial charge in [0.1, 0.15) is 6.61 Å². The summed E-state index contributed by atoms with van der Waals surface area (Å²) in [6, 6.07) is 16.0. The number of likely N-dealkylation sites (tertiary alicyclic amines) is 1. The van der Waals surface area contributed by atoms with Crippen molar-refractivity contribution in [1.29, 1.82) is 0 Å². The van der Waals surface area contributed by atoms with Crippen LogP contribution in [0.25, 0.3) is 11.1 Å². The van der Waals surface area contributed by atoms with Crippen molar-refractivity contribution in [2.75, 3.05) is 19.7 Å². The molecule has 5 rings (SSSR count). The summed E-state index contributed by atoms with van der Waals surface area (Å²) in [4.78, 5) is 38.8. The summed E-state index contributed by atoms with van der Waals surface area (Å²) in [5, 5.41) is 12.2. The molecule has 2 N–H and O–H groups in total. The molecule has 0 spiro atoms. The molecule has 2 aromatic rings. The number of rotatable bonds is 7. The van der Waals surface area contributed by atoms with Crippen molar-refractivity contribution in [3.05, 3.63) is 59.7 Å². The number of nitrogens with zero attached hydrogens (tertiary/aromatic N) is 1. The van der Waals surface area contributed by atoms with Gasteiger partial charge in [0.15, 0.2) is 0 Å². The van der Waals surface area contributed by atoms with Crippen molar-refractivity contribution in [3.63, 3.8) is 0 Å². The average Bonchev–Trinajstić information content (AvgIpc) is 3.49. The van der Waals surface area contributed by atoms with Crippen LogP contribution < -0.4 is 5.32 Å². The highest BCUT2D eigenvalue weighted by Gasteiger charge is 2.57. The van der Waals surface area contributed by atoms with Gasteiger partial charge in [0, 0.05) is 31.5 Å². The highest BCUT2D eigenvalue weighted by atomic mass is 16.5. The molecule has 7 heteroatoms. The van der Waals surface area contributed by atoms with Gasteiger partial charge in [-0.2, -0.15) is 0 Å². The van der Waals surface area contributed by atoms with Crippen molar-refractivity contribution in [2.24, 2.45) is 23.7 Å². The molecular weight excluding hydrogens is 444 g/mol. The Hall–Kier alpha value is -3.35. The van der Waals surface area contributed by atoms with Crippen LogP contribution in [0.5, 0.6) is 0 Å². The number of fused-ring (bicyclic) bond motifs is 4. The van der Waals surface area contributed by atoms with Crippen LogP contribution in [0.1, 0.15) is 43.7 Å². The monoisotopic (exact) mass is 476 g/mol. The van der Waals surface area contributed by atoms with Gasteiger partial charge < -0.3 is 20.1 Å². The molecule has 4 atom stereocenters. The second-order valence-electron chi connectivity index (χ2n) is 10.3. The van der Waals surface area contributed by atoms with Crippen LogP contribution in [0.2, 0.25) is 0 Å². The zero-order valence-corrected chi connectivity index (χ0v) is 20.1. The molecule has 2 amide bonds. The lowest BCUT2D eigenvalue weighted by molar-refractivity contribution is -0.139. The third-order valence-corrected chi connectivity index (χ3v) is 7.98. The lowest BCUT2D eigenvalue weighted by atomic mass is 9.98. The Bertz CT molecular complexity index is 1100. The molecule has 2 aromatic carbocycles. The lowest BCUT2D eigenvalue weighted by Crippen LogP contribution is -2.45. The van der Waals surface area contributed by atoms with Crippen molar-refractivity contribution in [1.82, 2.24) is 10.2 Å². The first-order valence-electron chi connectivity index (χ1n) is 12.5. The molecule has 1 aliphatic heterocycles. The molecule has 1 heterocycles.